The van der Waals surface area contributed by atoms with Crippen molar-refractivity contribution in [2.45, 2.75) is 19.2 Å². The van der Waals surface area contributed by atoms with E-state index < -0.39 is 9.84 Å². The molecular weight excluding hydrogens is 338 g/mol. The van der Waals surface area contributed by atoms with Gasteiger partial charge in [-0.3, -0.25) is 4.79 Å². The molecule has 5 nitrogen and oxygen atoms in total. The number of ether oxygens (including phenoxy) is 1. The van der Waals surface area contributed by atoms with Crippen LogP contribution in [0.15, 0.2) is 48.5 Å². The van der Waals surface area contributed by atoms with E-state index >= 15 is 0 Å². The minimum atomic E-state index is -3.08. The highest BCUT2D eigenvalue weighted by molar-refractivity contribution is 7.89. The summed E-state index contributed by atoms with van der Waals surface area (Å²) in [4.78, 5) is 14.1. The van der Waals surface area contributed by atoms with E-state index in [4.69, 9.17) is 4.74 Å². The Hall–Kier alpha value is -2.34. The fourth-order valence-electron chi connectivity index (χ4n) is 2.47. The SMILES string of the molecule is CCOc1ccc(CN(C)C(=O)c2ccc(CS(C)(=O)=O)cc2)cc1. The molecule has 0 N–H and O–H groups in total. The van der Waals surface area contributed by atoms with Gasteiger partial charge in [0.25, 0.3) is 5.91 Å². The summed E-state index contributed by atoms with van der Waals surface area (Å²) in [6.45, 7) is 3.03. The number of sulfone groups is 1. The Balaban J connectivity index is 2.01. The van der Waals surface area contributed by atoms with Crippen molar-refractivity contribution in [1.29, 1.82) is 0 Å². The predicted octanol–water partition coefficient (Wildman–Crippen LogP) is 2.90. The Kier molecular flexibility index (Phi) is 6.20. The minimum absolute atomic E-state index is 0.0243. The van der Waals surface area contributed by atoms with Gasteiger partial charge in [-0.15, -0.1) is 0 Å². The van der Waals surface area contributed by atoms with Crippen LogP contribution in [0.1, 0.15) is 28.4 Å². The highest BCUT2D eigenvalue weighted by Crippen LogP contribution is 2.15. The Labute approximate surface area is 149 Å². The van der Waals surface area contributed by atoms with Gasteiger partial charge < -0.3 is 9.64 Å². The van der Waals surface area contributed by atoms with Crippen LogP contribution in [0.4, 0.5) is 0 Å². The van der Waals surface area contributed by atoms with E-state index in [0.717, 1.165) is 11.3 Å². The molecule has 0 heterocycles. The van der Waals surface area contributed by atoms with Gasteiger partial charge in [-0.1, -0.05) is 24.3 Å². The first-order chi connectivity index (χ1) is 11.8. The average molecular weight is 361 g/mol. The molecule has 2 aromatic rings. The van der Waals surface area contributed by atoms with Gasteiger partial charge in [0.15, 0.2) is 9.84 Å². The molecule has 1 amide bonds. The summed E-state index contributed by atoms with van der Waals surface area (Å²) < 4.78 is 28.0. The topological polar surface area (TPSA) is 63.7 Å². The van der Waals surface area contributed by atoms with Crippen molar-refractivity contribution in [3.05, 3.63) is 65.2 Å². The number of hydrogen-bond acceptors (Lipinski definition) is 4. The highest BCUT2D eigenvalue weighted by Gasteiger charge is 2.13. The van der Waals surface area contributed by atoms with Gasteiger partial charge in [0.2, 0.25) is 0 Å². The second kappa shape index (κ2) is 8.16. The lowest BCUT2D eigenvalue weighted by Crippen LogP contribution is -2.26. The third kappa shape index (κ3) is 5.90. The fourth-order valence-corrected chi connectivity index (χ4v) is 3.27. The standard InChI is InChI=1S/C19H23NO4S/c1-4-24-18-11-7-15(8-12-18)13-20(2)19(21)17-9-5-16(6-10-17)14-25(3,22)23/h5-12H,4,13-14H2,1-3H3. The second-order valence-electron chi connectivity index (χ2n) is 6.01. The maximum absolute atomic E-state index is 12.5. The average Bonchev–Trinajstić information content (AvgIpc) is 2.55. The van der Waals surface area contributed by atoms with Crippen LogP contribution in [-0.4, -0.2) is 39.1 Å². The maximum Gasteiger partial charge on any atom is 0.253 e. The molecular formula is C19H23NO4S. The molecule has 0 aliphatic carbocycles. The third-order valence-corrected chi connectivity index (χ3v) is 4.49. The molecule has 0 unspecified atom stereocenters. The quantitative estimate of drug-likeness (QED) is 0.761. The van der Waals surface area contributed by atoms with Gasteiger partial charge in [-0.25, -0.2) is 8.42 Å². The normalized spacial score (nSPS) is 11.2. The molecule has 0 atom stereocenters. The van der Waals surface area contributed by atoms with Crippen LogP contribution < -0.4 is 4.74 Å². The molecule has 0 aromatic heterocycles. The molecule has 0 aliphatic heterocycles. The number of carbonyl (C=O) groups is 1. The Morgan fingerprint density at radius 3 is 2.08 bits per heavy atom. The second-order valence-corrected chi connectivity index (χ2v) is 8.15. The van der Waals surface area contributed by atoms with Crippen LogP contribution in [0.3, 0.4) is 0 Å². The fraction of sp³-hybridized carbons (Fsp3) is 0.316. The lowest BCUT2D eigenvalue weighted by atomic mass is 10.1. The zero-order valence-electron chi connectivity index (χ0n) is 14.7. The van der Waals surface area contributed by atoms with Crippen molar-refractivity contribution in [3.8, 4) is 5.75 Å². The molecule has 0 bridgehead atoms. The van der Waals surface area contributed by atoms with Crippen LogP contribution >= 0.6 is 0 Å². The molecule has 0 fully saturated rings. The number of benzene rings is 2. The summed E-state index contributed by atoms with van der Waals surface area (Å²) in [6, 6.07) is 14.3. The van der Waals surface area contributed by atoms with E-state index in [1.54, 1.807) is 36.2 Å². The van der Waals surface area contributed by atoms with Crippen molar-refractivity contribution < 1.29 is 17.9 Å². The smallest absolute Gasteiger partial charge is 0.253 e. The van der Waals surface area contributed by atoms with Crippen LogP contribution in [-0.2, 0) is 22.1 Å². The van der Waals surface area contributed by atoms with Crippen molar-refractivity contribution in [2.24, 2.45) is 0 Å². The van der Waals surface area contributed by atoms with Crippen LogP contribution in [0.25, 0.3) is 0 Å². The van der Waals surface area contributed by atoms with E-state index in [1.165, 1.54) is 6.26 Å². The first kappa shape index (κ1) is 19.0. The molecule has 0 radical (unpaired) electrons. The van der Waals surface area contributed by atoms with Gasteiger partial charge in [0.05, 0.1) is 12.4 Å². The lowest BCUT2D eigenvalue weighted by molar-refractivity contribution is 0.0785. The number of carbonyl (C=O) groups excluding carboxylic acids is 1. The summed E-state index contributed by atoms with van der Waals surface area (Å²) in [7, 11) is -1.34. The Morgan fingerprint density at radius 2 is 1.56 bits per heavy atom. The number of amides is 1. The first-order valence-electron chi connectivity index (χ1n) is 8.02. The van der Waals surface area contributed by atoms with E-state index in [-0.39, 0.29) is 11.7 Å². The van der Waals surface area contributed by atoms with Gasteiger partial charge in [-0.05, 0) is 42.3 Å². The van der Waals surface area contributed by atoms with E-state index in [9.17, 15) is 13.2 Å². The van der Waals surface area contributed by atoms with Crippen LogP contribution in [0.2, 0.25) is 0 Å². The van der Waals surface area contributed by atoms with E-state index in [1.807, 2.05) is 31.2 Å². The van der Waals surface area contributed by atoms with Crippen molar-refractivity contribution in [3.63, 3.8) is 0 Å². The Bertz CT molecular complexity index is 812. The van der Waals surface area contributed by atoms with Crippen LogP contribution in [0.5, 0.6) is 5.75 Å². The number of hydrogen-bond donors (Lipinski definition) is 0. The summed E-state index contributed by atoms with van der Waals surface area (Å²) in [5, 5.41) is 0. The van der Waals surface area contributed by atoms with Gasteiger partial charge in [0.1, 0.15) is 5.75 Å². The Morgan fingerprint density at radius 1 is 1.00 bits per heavy atom. The molecule has 0 saturated carbocycles. The van der Waals surface area contributed by atoms with Gasteiger partial charge in [-0.2, -0.15) is 0 Å². The summed E-state index contributed by atoms with van der Waals surface area (Å²) in [5.41, 5.74) is 2.21. The van der Waals surface area contributed by atoms with E-state index in [2.05, 4.69) is 0 Å². The zero-order chi connectivity index (χ0) is 18.4. The number of rotatable bonds is 7. The lowest BCUT2D eigenvalue weighted by Gasteiger charge is -2.18. The first-order valence-corrected chi connectivity index (χ1v) is 10.1. The molecule has 25 heavy (non-hydrogen) atoms. The molecule has 0 spiro atoms. The van der Waals surface area contributed by atoms with Crippen molar-refractivity contribution >= 4 is 15.7 Å². The zero-order valence-corrected chi connectivity index (χ0v) is 15.5. The summed E-state index contributed by atoms with van der Waals surface area (Å²) >= 11 is 0. The predicted molar refractivity (Wildman–Crippen MR) is 98.4 cm³/mol. The maximum atomic E-state index is 12.5. The molecule has 134 valence electrons. The van der Waals surface area contributed by atoms with Gasteiger partial charge >= 0.3 is 0 Å². The minimum Gasteiger partial charge on any atom is -0.494 e. The summed E-state index contributed by atoms with van der Waals surface area (Å²) in [6.07, 6.45) is 1.19. The molecule has 0 saturated heterocycles. The van der Waals surface area contributed by atoms with E-state index in [0.29, 0.717) is 24.3 Å². The summed E-state index contributed by atoms with van der Waals surface area (Å²) in [5.74, 6) is 0.672. The molecule has 6 heteroatoms. The molecule has 2 rings (SSSR count). The third-order valence-electron chi connectivity index (χ3n) is 3.63. The monoisotopic (exact) mass is 361 g/mol. The van der Waals surface area contributed by atoms with Crippen molar-refractivity contribution in [2.75, 3.05) is 19.9 Å². The highest BCUT2D eigenvalue weighted by atomic mass is 32.2. The van der Waals surface area contributed by atoms with Crippen molar-refractivity contribution in [1.82, 2.24) is 4.90 Å². The molecule has 0 aliphatic rings. The largest absolute Gasteiger partial charge is 0.494 e. The van der Waals surface area contributed by atoms with Crippen LogP contribution in [0, 0.1) is 0 Å². The molecule has 2 aromatic carbocycles. The van der Waals surface area contributed by atoms with Gasteiger partial charge in [0, 0.05) is 25.4 Å². The number of nitrogens with zero attached hydrogens (tertiary/aromatic N) is 1.